The average molecular weight is 242 g/mol. The normalized spacial score (nSPS) is 14.4. The van der Waals surface area contributed by atoms with Crippen molar-refractivity contribution < 1.29 is 4.79 Å². The third-order valence-corrected chi connectivity index (χ3v) is 3.12. The maximum atomic E-state index is 11.9. The molecular weight excluding hydrogens is 212 g/mol. The molecule has 0 saturated carbocycles. The Balaban J connectivity index is 5.01. The molecular formula is C14H30N2O. The van der Waals surface area contributed by atoms with Crippen molar-refractivity contribution in [2.75, 3.05) is 0 Å². The van der Waals surface area contributed by atoms with Gasteiger partial charge in [-0.2, -0.15) is 0 Å². The van der Waals surface area contributed by atoms with Crippen molar-refractivity contribution in [3.05, 3.63) is 0 Å². The van der Waals surface area contributed by atoms with Crippen molar-refractivity contribution in [3.63, 3.8) is 0 Å². The van der Waals surface area contributed by atoms with Crippen molar-refractivity contribution in [1.82, 2.24) is 5.32 Å². The monoisotopic (exact) mass is 242 g/mol. The number of carbonyl (C=O) groups excluding carboxylic acids is 1. The zero-order chi connectivity index (χ0) is 13.6. The standard InChI is InChI=1S/C14H30N2O/c1-7-12(6)16-14(13(15)17,8-10(2)3)9-11(4)5/h10-12,16H,7-9H2,1-6H3,(H2,15,17). The van der Waals surface area contributed by atoms with Crippen LogP contribution in [-0.2, 0) is 4.79 Å². The number of primary amides is 1. The first-order chi connectivity index (χ1) is 7.73. The summed E-state index contributed by atoms with van der Waals surface area (Å²) in [7, 11) is 0. The van der Waals surface area contributed by atoms with E-state index in [-0.39, 0.29) is 5.91 Å². The molecule has 0 aromatic heterocycles. The first kappa shape index (κ1) is 16.4. The fourth-order valence-electron chi connectivity index (χ4n) is 2.44. The number of hydrogen-bond acceptors (Lipinski definition) is 2. The number of nitrogens with one attached hydrogen (secondary N) is 1. The Morgan fingerprint density at radius 3 is 1.76 bits per heavy atom. The summed E-state index contributed by atoms with van der Waals surface area (Å²) in [6.07, 6.45) is 2.63. The summed E-state index contributed by atoms with van der Waals surface area (Å²) in [5.74, 6) is 0.704. The van der Waals surface area contributed by atoms with Crippen LogP contribution in [0.25, 0.3) is 0 Å². The lowest BCUT2D eigenvalue weighted by Gasteiger charge is -2.37. The van der Waals surface area contributed by atoms with E-state index < -0.39 is 5.54 Å². The van der Waals surface area contributed by atoms with E-state index in [9.17, 15) is 4.79 Å². The molecule has 0 aliphatic rings. The SMILES string of the molecule is CCC(C)NC(CC(C)C)(CC(C)C)C(N)=O. The smallest absolute Gasteiger partial charge is 0.237 e. The second-order valence-electron chi connectivity index (χ2n) is 6.10. The molecule has 1 amide bonds. The van der Waals surface area contributed by atoms with Gasteiger partial charge < -0.3 is 11.1 Å². The van der Waals surface area contributed by atoms with Crippen molar-refractivity contribution in [1.29, 1.82) is 0 Å². The Bertz CT molecular complexity index is 226. The molecule has 3 N–H and O–H groups in total. The lowest BCUT2D eigenvalue weighted by Crippen LogP contribution is -2.59. The zero-order valence-electron chi connectivity index (χ0n) is 12.3. The number of amides is 1. The minimum atomic E-state index is -0.544. The van der Waals surface area contributed by atoms with Crippen LogP contribution in [0.2, 0.25) is 0 Å². The highest BCUT2D eigenvalue weighted by atomic mass is 16.1. The second-order valence-corrected chi connectivity index (χ2v) is 6.10. The van der Waals surface area contributed by atoms with E-state index in [2.05, 4.69) is 46.9 Å². The molecule has 0 aromatic carbocycles. The Kier molecular flexibility index (Phi) is 6.76. The summed E-state index contributed by atoms with van der Waals surface area (Å²) in [6.45, 7) is 12.8. The molecule has 0 heterocycles. The highest BCUT2D eigenvalue weighted by Gasteiger charge is 2.38. The molecule has 0 aromatic rings. The van der Waals surface area contributed by atoms with Gasteiger partial charge in [-0.3, -0.25) is 4.79 Å². The van der Waals surface area contributed by atoms with Gasteiger partial charge in [-0.1, -0.05) is 34.6 Å². The molecule has 0 fully saturated rings. The largest absolute Gasteiger partial charge is 0.368 e. The Morgan fingerprint density at radius 1 is 1.12 bits per heavy atom. The minimum Gasteiger partial charge on any atom is -0.368 e. The molecule has 0 spiro atoms. The van der Waals surface area contributed by atoms with Crippen LogP contribution in [0.4, 0.5) is 0 Å². The molecule has 0 radical (unpaired) electrons. The minimum absolute atomic E-state index is 0.208. The van der Waals surface area contributed by atoms with Crippen molar-refractivity contribution in [3.8, 4) is 0 Å². The molecule has 0 bridgehead atoms. The molecule has 102 valence electrons. The van der Waals surface area contributed by atoms with E-state index in [0.29, 0.717) is 17.9 Å². The number of rotatable bonds is 8. The van der Waals surface area contributed by atoms with Gasteiger partial charge in [0.2, 0.25) is 5.91 Å². The quantitative estimate of drug-likeness (QED) is 0.687. The van der Waals surface area contributed by atoms with Crippen molar-refractivity contribution in [2.24, 2.45) is 17.6 Å². The Hall–Kier alpha value is -0.570. The van der Waals surface area contributed by atoms with Crippen LogP contribution >= 0.6 is 0 Å². The van der Waals surface area contributed by atoms with Gasteiger partial charge in [-0.15, -0.1) is 0 Å². The van der Waals surface area contributed by atoms with Crippen LogP contribution in [0.3, 0.4) is 0 Å². The highest BCUT2D eigenvalue weighted by molar-refractivity contribution is 5.84. The predicted molar refractivity (Wildman–Crippen MR) is 73.7 cm³/mol. The van der Waals surface area contributed by atoms with Gasteiger partial charge >= 0.3 is 0 Å². The molecule has 0 saturated heterocycles. The van der Waals surface area contributed by atoms with Crippen LogP contribution < -0.4 is 11.1 Å². The van der Waals surface area contributed by atoms with Gasteiger partial charge in [-0.25, -0.2) is 0 Å². The van der Waals surface area contributed by atoms with Crippen molar-refractivity contribution in [2.45, 2.75) is 72.4 Å². The molecule has 3 heteroatoms. The van der Waals surface area contributed by atoms with Gasteiger partial charge in [0.05, 0.1) is 5.54 Å². The van der Waals surface area contributed by atoms with Crippen LogP contribution in [0.5, 0.6) is 0 Å². The maximum Gasteiger partial charge on any atom is 0.237 e. The van der Waals surface area contributed by atoms with Gasteiger partial charge in [-0.05, 0) is 38.0 Å². The van der Waals surface area contributed by atoms with Crippen LogP contribution in [0.15, 0.2) is 0 Å². The molecule has 0 rings (SSSR count). The maximum absolute atomic E-state index is 11.9. The summed E-state index contributed by atoms with van der Waals surface area (Å²) in [5, 5.41) is 3.47. The third-order valence-electron chi connectivity index (χ3n) is 3.12. The fraction of sp³-hybridized carbons (Fsp3) is 0.929. The van der Waals surface area contributed by atoms with E-state index in [0.717, 1.165) is 19.3 Å². The first-order valence-corrected chi connectivity index (χ1v) is 6.81. The number of hydrogen-bond donors (Lipinski definition) is 2. The summed E-state index contributed by atoms with van der Waals surface area (Å²) in [6, 6.07) is 0.319. The van der Waals surface area contributed by atoms with Gasteiger partial charge in [0.1, 0.15) is 0 Å². The molecule has 0 aliphatic carbocycles. The average Bonchev–Trinajstić information content (AvgIpc) is 2.14. The molecule has 1 unspecified atom stereocenters. The van der Waals surface area contributed by atoms with Gasteiger partial charge in [0.15, 0.2) is 0 Å². The summed E-state index contributed by atoms with van der Waals surface area (Å²) >= 11 is 0. The molecule has 17 heavy (non-hydrogen) atoms. The number of nitrogens with two attached hydrogens (primary N) is 1. The molecule has 1 atom stereocenters. The fourth-order valence-corrected chi connectivity index (χ4v) is 2.44. The summed E-state index contributed by atoms with van der Waals surface area (Å²) < 4.78 is 0. The topological polar surface area (TPSA) is 55.1 Å². The molecule has 3 nitrogen and oxygen atoms in total. The van der Waals surface area contributed by atoms with E-state index in [1.165, 1.54) is 0 Å². The summed E-state index contributed by atoms with van der Waals surface area (Å²) in [5.41, 5.74) is 5.13. The second kappa shape index (κ2) is 7.00. The lowest BCUT2D eigenvalue weighted by atomic mass is 9.80. The van der Waals surface area contributed by atoms with E-state index in [4.69, 9.17) is 5.73 Å². The van der Waals surface area contributed by atoms with E-state index >= 15 is 0 Å². The molecule has 0 aliphatic heterocycles. The van der Waals surface area contributed by atoms with E-state index in [1.54, 1.807) is 0 Å². The van der Waals surface area contributed by atoms with Crippen molar-refractivity contribution >= 4 is 5.91 Å². The highest BCUT2D eigenvalue weighted by Crippen LogP contribution is 2.26. The zero-order valence-corrected chi connectivity index (χ0v) is 12.3. The van der Waals surface area contributed by atoms with E-state index in [1.807, 2.05) is 0 Å². The van der Waals surface area contributed by atoms with Gasteiger partial charge in [0, 0.05) is 6.04 Å². The Labute approximate surface area is 107 Å². The number of carbonyl (C=O) groups is 1. The first-order valence-electron chi connectivity index (χ1n) is 6.81. The Morgan fingerprint density at radius 2 is 1.53 bits per heavy atom. The van der Waals surface area contributed by atoms with Crippen LogP contribution in [0, 0.1) is 11.8 Å². The predicted octanol–water partition coefficient (Wildman–Crippen LogP) is 2.69. The summed E-state index contributed by atoms with van der Waals surface area (Å²) in [4.78, 5) is 11.9. The van der Waals surface area contributed by atoms with Crippen LogP contribution in [-0.4, -0.2) is 17.5 Å². The van der Waals surface area contributed by atoms with Gasteiger partial charge in [0.25, 0.3) is 0 Å². The lowest BCUT2D eigenvalue weighted by molar-refractivity contribution is -0.126. The third kappa shape index (κ3) is 5.53. The van der Waals surface area contributed by atoms with Crippen LogP contribution in [0.1, 0.15) is 60.8 Å².